The second-order valence-electron chi connectivity index (χ2n) is 9.15. The number of rotatable bonds is 4. The number of nitrogens with one attached hydrogen (secondary N) is 1. The van der Waals surface area contributed by atoms with Crippen molar-refractivity contribution in [3.63, 3.8) is 0 Å². The molecule has 1 N–H and O–H groups in total. The van der Waals surface area contributed by atoms with E-state index in [1.54, 1.807) is 0 Å². The van der Waals surface area contributed by atoms with Crippen LogP contribution in [-0.4, -0.2) is 86.0 Å². The number of piperazine rings is 1. The van der Waals surface area contributed by atoms with Crippen molar-refractivity contribution in [2.45, 2.75) is 51.4 Å². The molecule has 0 aromatic rings. The molecule has 2 heterocycles. The first-order valence-electron chi connectivity index (χ1n) is 11.2. The van der Waals surface area contributed by atoms with Crippen molar-refractivity contribution in [2.75, 3.05) is 59.4 Å². The van der Waals surface area contributed by atoms with Gasteiger partial charge in [0.25, 0.3) is 0 Å². The molecule has 152 valence electrons. The van der Waals surface area contributed by atoms with Crippen molar-refractivity contribution in [2.24, 2.45) is 16.3 Å². The molecule has 27 heavy (non-hydrogen) atoms. The van der Waals surface area contributed by atoms with E-state index in [2.05, 4.69) is 25.0 Å². The summed E-state index contributed by atoms with van der Waals surface area (Å²) in [5.74, 6) is 1.82. The van der Waals surface area contributed by atoms with Crippen LogP contribution in [0, 0.1) is 11.3 Å². The standard InChI is InChI=1S/C21H37N5O/c1-22-20(26-11-9-21(17-26)7-4-8-21)23-10-12-24-13-15-25(16-14-24)19(27)18-5-2-3-6-18/h18H,2-17H2,1H3,(H,22,23). The minimum absolute atomic E-state index is 0.320. The van der Waals surface area contributed by atoms with Crippen molar-refractivity contribution in [3.8, 4) is 0 Å². The average molecular weight is 376 g/mol. The number of aliphatic imine (C=N–C) groups is 1. The summed E-state index contributed by atoms with van der Waals surface area (Å²) in [4.78, 5) is 24.1. The Hall–Kier alpha value is -1.30. The molecule has 6 nitrogen and oxygen atoms in total. The van der Waals surface area contributed by atoms with E-state index in [9.17, 15) is 4.79 Å². The lowest BCUT2D eigenvalue weighted by Crippen LogP contribution is -2.52. The largest absolute Gasteiger partial charge is 0.355 e. The van der Waals surface area contributed by atoms with Gasteiger partial charge in [0.1, 0.15) is 0 Å². The highest BCUT2D eigenvalue weighted by Gasteiger charge is 2.43. The number of hydrogen-bond donors (Lipinski definition) is 1. The summed E-state index contributed by atoms with van der Waals surface area (Å²) in [6.07, 6.45) is 10.3. The lowest BCUT2D eigenvalue weighted by molar-refractivity contribution is -0.137. The van der Waals surface area contributed by atoms with Crippen LogP contribution < -0.4 is 5.32 Å². The maximum Gasteiger partial charge on any atom is 0.225 e. The van der Waals surface area contributed by atoms with E-state index in [4.69, 9.17) is 0 Å². The summed E-state index contributed by atoms with van der Waals surface area (Å²) in [6.45, 7) is 8.13. The van der Waals surface area contributed by atoms with E-state index in [1.165, 1.54) is 45.1 Å². The van der Waals surface area contributed by atoms with E-state index >= 15 is 0 Å². The Labute approximate surface area is 164 Å². The van der Waals surface area contributed by atoms with Gasteiger partial charge < -0.3 is 15.1 Å². The van der Waals surface area contributed by atoms with Crippen LogP contribution in [0.2, 0.25) is 0 Å². The fourth-order valence-electron chi connectivity index (χ4n) is 5.48. The molecule has 2 aliphatic carbocycles. The van der Waals surface area contributed by atoms with Crippen molar-refractivity contribution < 1.29 is 4.79 Å². The number of guanidine groups is 1. The summed E-state index contributed by atoms with van der Waals surface area (Å²) < 4.78 is 0. The fourth-order valence-corrected chi connectivity index (χ4v) is 5.48. The van der Waals surface area contributed by atoms with Crippen LogP contribution in [-0.2, 0) is 4.79 Å². The maximum atomic E-state index is 12.6. The van der Waals surface area contributed by atoms with Crippen molar-refractivity contribution in [1.29, 1.82) is 0 Å². The summed E-state index contributed by atoms with van der Waals surface area (Å²) in [6, 6.07) is 0. The molecule has 0 unspecified atom stereocenters. The molecule has 1 spiro atoms. The van der Waals surface area contributed by atoms with Gasteiger partial charge in [0.15, 0.2) is 5.96 Å². The molecule has 2 saturated heterocycles. The molecular weight excluding hydrogens is 338 g/mol. The van der Waals surface area contributed by atoms with Gasteiger partial charge in [-0.2, -0.15) is 0 Å². The second kappa shape index (κ2) is 8.38. The Morgan fingerprint density at radius 3 is 2.33 bits per heavy atom. The van der Waals surface area contributed by atoms with Gasteiger partial charge >= 0.3 is 0 Å². The third-order valence-corrected chi connectivity index (χ3v) is 7.46. The number of nitrogens with zero attached hydrogens (tertiary/aromatic N) is 4. The number of likely N-dealkylation sites (tertiary alicyclic amines) is 1. The molecule has 0 atom stereocenters. The molecule has 4 aliphatic rings. The van der Waals surface area contributed by atoms with Gasteiger partial charge in [-0.1, -0.05) is 19.3 Å². The van der Waals surface area contributed by atoms with Gasteiger partial charge in [-0.25, -0.2) is 0 Å². The minimum atomic E-state index is 0.320. The molecule has 2 saturated carbocycles. The molecular formula is C21H37N5O. The second-order valence-corrected chi connectivity index (χ2v) is 9.15. The Kier molecular flexibility index (Phi) is 5.90. The smallest absolute Gasteiger partial charge is 0.225 e. The van der Waals surface area contributed by atoms with Crippen LogP contribution in [0.4, 0.5) is 0 Å². The third-order valence-electron chi connectivity index (χ3n) is 7.46. The van der Waals surface area contributed by atoms with E-state index in [1.807, 2.05) is 7.05 Å². The minimum Gasteiger partial charge on any atom is -0.355 e. The summed E-state index contributed by atoms with van der Waals surface area (Å²) in [5, 5.41) is 3.58. The van der Waals surface area contributed by atoms with Crippen LogP contribution >= 0.6 is 0 Å². The van der Waals surface area contributed by atoms with Gasteiger partial charge in [-0.15, -0.1) is 0 Å². The number of carbonyl (C=O) groups is 1. The quantitative estimate of drug-likeness (QED) is 0.601. The predicted molar refractivity (Wildman–Crippen MR) is 109 cm³/mol. The van der Waals surface area contributed by atoms with Crippen LogP contribution in [0.3, 0.4) is 0 Å². The molecule has 0 aromatic heterocycles. The Bertz CT molecular complexity index is 545. The highest BCUT2D eigenvalue weighted by molar-refractivity contribution is 5.80. The maximum absolute atomic E-state index is 12.6. The van der Waals surface area contributed by atoms with Gasteiger partial charge in [-0.05, 0) is 37.5 Å². The van der Waals surface area contributed by atoms with Crippen LogP contribution in [0.25, 0.3) is 0 Å². The van der Waals surface area contributed by atoms with Crippen LogP contribution in [0.15, 0.2) is 4.99 Å². The first kappa shape index (κ1) is 19.0. The summed E-state index contributed by atoms with van der Waals surface area (Å²) in [7, 11) is 1.90. The highest BCUT2D eigenvalue weighted by atomic mass is 16.2. The van der Waals surface area contributed by atoms with Gasteiger partial charge in [0, 0.05) is 65.3 Å². The van der Waals surface area contributed by atoms with Crippen molar-refractivity contribution in [3.05, 3.63) is 0 Å². The zero-order valence-corrected chi connectivity index (χ0v) is 17.1. The van der Waals surface area contributed by atoms with Gasteiger partial charge in [0.2, 0.25) is 5.91 Å². The Morgan fingerprint density at radius 2 is 1.74 bits per heavy atom. The number of carbonyl (C=O) groups excluding carboxylic acids is 1. The first-order valence-corrected chi connectivity index (χ1v) is 11.2. The zero-order chi connectivity index (χ0) is 18.7. The monoisotopic (exact) mass is 375 g/mol. The first-order chi connectivity index (χ1) is 13.2. The predicted octanol–water partition coefficient (Wildman–Crippen LogP) is 1.77. The zero-order valence-electron chi connectivity index (χ0n) is 17.1. The lowest BCUT2D eigenvalue weighted by Gasteiger charge is -2.38. The molecule has 4 rings (SSSR count). The number of amides is 1. The normalized spacial score (nSPS) is 26.6. The molecule has 4 fully saturated rings. The Balaban J connectivity index is 1.15. The van der Waals surface area contributed by atoms with E-state index < -0.39 is 0 Å². The Morgan fingerprint density at radius 1 is 1.00 bits per heavy atom. The SMILES string of the molecule is CN=C(NCCN1CCN(C(=O)C2CCCC2)CC1)N1CCC2(CCC2)C1. The van der Waals surface area contributed by atoms with E-state index in [0.29, 0.717) is 17.2 Å². The third kappa shape index (κ3) is 4.25. The molecule has 6 heteroatoms. The topological polar surface area (TPSA) is 51.2 Å². The highest BCUT2D eigenvalue weighted by Crippen LogP contribution is 2.47. The molecule has 0 aromatic carbocycles. The van der Waals surface area contributed by atoms with Crippen molar-refractivity contribution >= 4 is 11.9 Å². The average Bonchev–Trinajstić information content (AvgIpc) is 3.35. The molecule has 0 radical (unpaired) electrons. The van der Waals surface area contributed by atoms with Gasteiger partial charge in [0.05, 0.1) is 0 Å². The lowest BCUT2D eigenvalue weighted by atomic mass is 9.68. The molecule has 0 bridgehead atoms. The van der Waals surface area contributed by atoms with E-state index in [-0.39, 0.29) is 0 Å². The van der Waals surface area contributed by atoms with Crippen molar-refractivity contribution in [1.82, 2.24) is 20.0 Å². The summed E-state index contributed by atoms with van der Waals surface area (Å²) >= 11 is 0. The fraction of sp³-hybridized carbons (Fsp3) is 0.905. The van der Waals surface area contributed by atoms with E-state index in [0.717, 1.165) is 64.6 Å². The van der Waals surface area contributed by atoms with Crippen LogP contribution in [0.1, 0.15) is 51.4 Å². The van der Waals surface area contributed by atoms with Gasteiger partial charge in [-0.3, -0.25) is 14.7 Å². The summed E-state index contributed by atoms with van der Waals surface area (Å²) in [5.41, 5.74) is 0.611. The van der Waals surface area contributed by atoms with Crippen LogP contribution in [0.5, 0.6) is 0 Å². The molecule has 1 amide bonds. The number of hydrogen-bond acceptors (Lipinski definition) is 3. The molecule has 2 aliphatic heterocycles.